The summed E-state index contributed by atoms with van der Waals surface area (Å²) < 4.78 is 0. The van der Waals surface area contributed by atoms with Gasteiger partial charge in [0.25, 0.3) is 0 Å². The molecule has 0 amide bonds. The molecule has 0 fully saturated rings. The van der Waals surface area contributed by atoms with Crippen LogP contribution in [0.5, 0.6) is 0 Å². The minimum atomic E-state index is -1.63. The molecule has 0 radical (unpaired) electrons. The van der Waals surface area contributed by atoms with E-state index in [1.807, 2.05) is 0 Å². The number of ketones is 2. The number of aliphatic carboxylic acids is 2. The number of Topliss-reactive ketones (excluding diaryl/α,β-unsaturated/α-hetero) is 2. The van der Waals surface area contributed by atoms with E-state index in [2.05, 4.69) is 0 Å². The Kier molecular flexibility index (Phi) is 10.7. The fraction of sp³-hybridized carbons (Fsp3) is 0.111. The molecule has 0 heterocycles. The van der Waals surface area contributed by atoms with Crippen molar-refractivity contribution in [3.63, 3.8) is 0 Å². The van der Waals surface area contributed by atoms with E-state index in [4.69, 9.17) is 0 Å². The van der Waals surface area contributed by atoms with Crippen molar-refractivity contribution in [2.24, 2.45) is 0 Å². The quantitative estimate of drug-likeness (QED) is 0.473. The Labute approximate surface area is 160 Å². The minimum Gasteiger partial charge on any atom is -0.542 e. The van der Waals surface area contributed by atoms with Crippen LogP contribution >= 0.6 is 0 Å². The summed E-state index contributed by atoms with van der Waals surface area (Å²) in [6.45, 7) is 0. The van der Waals surface area contributed by atoms with Crippen LogP contribution in [0.4, 0.5) is 0 Å². The number of hydrogen-bond donors (Lipinski definition) is 0. The molecule has 0 saturated carbocycles. The zero-order chi connectivity index (χ0) is 17.9. The van der Waals surface area contributed by atoms with Crippen LogP contribution in [-0.4, -0.2) is 46.6 Å². The van der Waals surface area contributed by atoms with Gasteiger partial charge < -0.3 is 19.8 Å². The number of carboxylic acid groups (broad SMARTS) is 2. The summed E-state index contributed by atoms with van der Waals surface area (Å²) in [7, 11) is 0. The first kappa shape index (κ1) is 22.5. The fourth-order valence-corrected chi connectivity index (χ4v) is 1.71. The van der Waals surface area contributed by atoms with Crippen LogP contribution in [0, 0.1) is 0 Å². The van der Waals surface area contributed by atoms with E-state index in [9.17, 15) is 29.4 Å². The Morgan fingerprint density at radius 1 is 0.600 bits per heavy atom. The molecule has 0 aliphatic carbocycles. The molecule has 0 unspecified atom stereocenters. The molecule has 0 aliphatic heterocycles. The van der Waals surface area contributed by atoms with Gasteiger partial charge in [0.15, 0.2) is 11.6 Å². The molecule has 7 heteroatoms. The van der Waals surface area contributed by atoms with Crippen LogP contribution < -0.4 is 10.2 Å². The van der Waals surface area contributed by atoms with Gasteiger partial charge in [-0.15, -0.1) is 0 Å². The van der Waals surface area contributed by atoms with Gasteiger partial charge in [0.2, 0.25) is 0 Å². The monoisotopic (exact) mass is 350 g/mol. The number of carboxylic acids is 2. The molecular weight excluding hydrogens is 336 g/mol. The molecular formula is C18H14MgO6. The first-order valence-corrected chi connectivity index (χ1v) is 6.96. The Balaban J connectivity index is 0.000000443. The first-order valence-electron chi connectivity index (χ1n) is 6.96. The van der Waals surface area contributed by atoms with Gasteiger partial charge in [-0.1, -0.05) is 60.7 Å². The average Bonchev–Trinajstić information content (AvgIpc) is 2.57. The standard InChI is InChI=1S/2C9H8O3.Mg/c2*10-8(9(11)12)6-7-4-2-1-3-5-7;/h2*1-5H,6H2,(H,11,12);/q;;+2/p-2. The number of carbonyl (C=O) groups is 4. The van der Waals surface area contributed by atoms with Gasteiger partial charge in [-0.05, 0) is 11.1 Å². The van der Waals surface area contributed by atoms with E-state index in [0.717, 1.165) is 0 Å². The van der Waals surface area contributed by atoms with E-state index in [1.54, 1.807) is 60.7 Å². The predicted octanol–water partition coefficient (Wildman–Crippen LogP) is -1.28. The van der Waals surface area contributed by atoms with E-state index >= 15 is 0 Å². The van der Waals surface area contributed by atoms with E-state index < -0.39 is 23.5 Å². The summed E-state index contributed by atoms with van der Waals surface area (Å²) in [6, 6.07) is 17.4. The van der Waals surface area contributed by atoms with Crippen molar-refractivity contribution in [3.8, 4) is 0 Å². The normalized spacial score (nSPS) is 8.96. The van der Waals surface area contributed by atoms with E-state index in [1.165, 1.54) is 0 Å². The molecule has 0 bridgehead atoms. The average molecular weight is 351 g/mol. The molecule has 2 aromatic carbocycles. The number of carbonyl (C=O) groups excluding carboxylic acids is 4. The zero-order valence-corrected chi connectivity index (χ0v) is 14.8. The second-order valence-electron chi connectivity index (χ2n) is 4.75. The van der Waals surface area contributed by atoms with Gasteiger partial charge >= 0.3 is 23.1 Å². The molecule has 25 heavy (non-hydrogen) atoms. The summed E-state index contributed by atoms with van der Waals surface area (Å²) in [5.41, 5.74) is 1.37. The summed E-state index contributed by atoms with van der Waals surface area (Å²) in [5.74, 6) is -5.03. The molecule has 2 aromatic rings. The maximum absolute atomic E-state index is 10.7. The van der Waals surface area contributed by atoms with Crippen LogP contribution in [0.1, 0.15) is 11.1 Å². The van der Waals surface area contributed by atoms with Gasteiger partial charge in [0, 0.05) is 12.8 Å². The van der Waals surface area contributed by atoms with Crippen molar-refractivity contribution in [2.45, 2.75) is 12.8 Å². The topological polar surface area (TPSA) is 114 Å². The van der Waals surface area contributed by atoms with Crippen molar-refractivity contribution in [1.82, 2.24) is 0 Å². The maximum atomic E-state index is 10.7. The van der Waals surface area contributed by atoms with Gasteiger partial charge in [0.05, 0.1) is 0 Å². The van der Waals surface area contributed by atoms with Crippen molar-refractivity contribution in [2.75, 3.05) is 0 Å². The molecule has 0 spiro atoms. The van der Waals surface area contributed by atoms with Crippen molar-refractivity contribution in [3.05, 3.63) is 71.8 Å². The molecule has 0 aromatic heterocycles. The minimum absolute atomic E-state index is 0. The van der Waals surface area contributed by atoms with Gasteiger partial charge in [-0.2, -0.15) is 0 Å². The van der Waals surface area contributed by atoms with Crippen molar-refractivity contribution >= 4 is 46.6 Å². The fourth-order valence-electron chi connectivity index (χ4n) is 1.71. The van der Waals surface area contributed by atoms with Gasteiger partial charge in [-0.25, -0.2) is 0 Å². The van der Waals surface area contributed by atoms with Gasteiger partial charge in [-0.3, -0.25) is 9.59 Å². The van der Waals surface area contributed by atoms with Crippen molar-refractivity contribution < 1.29 is 29.4 Å². The zero-order valence-electron chi connectivity index (χ0n) is 13.3. The molecule has 0 N–H and O–H groups in total. The number of hydrogen-bond acceptors (Lipinski definition) is 6. The van der Waals surface area contributed by atoms with Crippen LogP contribution in [0.2, 0.25) is 0 Å². The van der Waals surface area contributed by atoms with Crippen LogP contribution in [0.25, 0.3) is 0 Å². The molecule has 124 valence electrons. The third-order valence-corrected chi connectivity index (χ3v) is 2.87. The van der Waals surface area contributed by atoms with Crippen LogP contribution in [-0.2, 0) is 32.0 Å². The van der Waals surface area contributed by atoms with Crippen LogP contribution in [0.3, 0.4) is 0 Å². The second-order valence-corrected chi connectivity index (χ2v) is 4.75. The molecule has 0 aliphatic rings. The van der Waals surface area contributed by atoms with Crippen LogP contribution in [0.15, 0.2) is 60.7 Å². The molecule has 2 rings (SSSR count). The number of rotatable bonds is 6. The second kappa shape index (κ2) is 11.9. The third-order valence-electron chi connectivity index (χ3n) is 2.87. The van der Waals surface area contributed by atoms with E-state index in [0.29, 0.717) is 11.1 Å². The smallest absolute Gasteiger partial charge is 0.542 e. The summed E-state index contributed by atoms with van der Waals surface area (Å²) in [6.07, 6.45) is -0.188. The SMILES string of the molecule is O=C([O-])C(=O)Cc1ccccc1.O=C([O-])C(=O)Cc1ccccc1.[Mg+2]. The molecule has 6 nitrogen and oxygen atoms in total. The number of benzene rings is 2. The predicted molar refractivity (Wildman–Crippen MR) is 86.1 cm³/mol. The Hall–Kier alpha value is -2.51. The van der Waals surface area contributed by atoms with Gasteiger partial charge in [0.1, 0.15) is 11.9 Å². The third kappa shape index (κ3) is 9.38. The summed E-state index contributed by atoms with van der Waals surface area (Å²) in [4.78, 5) is 41.4. The maximum Gasteiger partial charge on any atom is 2.00 e. The molecule has 0 saturated heterocycles. The Bertz CT molecular complexity index is 649. The van der Waals surface area contributed by atoms with Crippen molar-refractivity contribution in [1.29, 1.82) is 0 Å². The summed E-state index contributed by atoms with van der Waals surface area (Å²) >= 11 is 0. The molecule has 0 atom stereocenters. The Morgan fingerprint density at radius 2 is 0.880 bits per heavy atom. The largest absolute Gasteiger partial charge is 2.00 e. The first-order chi connectivity index (χ1) is 11.4. The van der Waals surface area contributed by atoms with E-state index in [-0.39, 0.29) is 35.9 Å². The Morgan fingerprint density at radius 3 is 1.12 bits per heavy atom. The summed E-state index contributed by atoms with van der Waals surface area (Å²) in [5, 5.41) is 20.1.